The summed E-state index contributed by atoms with van der Waals surface area (Å²) in [6.07, 6.45) is 5.40. The van der Waals surface area contributed by atoms with Gasteiger partial charge in [-0.05, 0) is 31.5 Å². The monoisotopic (exact) mass is 398 g/mol. The van der Waals surface area contributed by atoms with Crippen LogP contribution in [0.3, 0.4) is 0 Å². The molecule has 0 unspecified atom stereocenters. The number of aliphatic imine (C=N–C) groups is 1. The third-order valence-corrected chi connectivity index (χ3v) is 6.59. The molecule has 3 aliphatic rings. The van der Waals surface area contributed by atoms with Crippen LogP contribution in [0.2, 0.25) is 5.02 Å². The predicted octanol–water partition coefficient (Wildman–Crippen LogP) is 3.25. The van der Waals surface area contributed by atoms with Crippen LogP contribution in [-0.4, -0.2) is 57.3 Å². The number of benzene rings is 1. The number of fused-ring (bicyclic) bond motifs is 4. The highest BCUT2D eigenvalue weighted by Crippen LogP contribution is 2.40. The Morgan fingerprint density at radius 1 is 1.21 bits per heavy atom. The number of halogens is 1. The van der Waals surface area contributed by atoms with E-state index in [9.17, 15) is 0 Å². The Bertz CT molecular complexity index is 925. The van der Waals surface area contributed by atoms with Gasteiger partial charge in [-0.25, -0.2) is 0 Å². The number of amidine groups is 1. The summed E-state index contributed by atoms with van der Waals surface area (Å²) in [4.78, 5) is 9.98. The van der Waals surface area contributed by atoms with Gasteiger partial charge in [-0.3, -0.25) is 14.6 Å². The number of nitrogens with one attached hydrogen (secondary N) is 1. The third-order valence-electron chi connectivity index (χ3n) is 6.36. The van der Waals surface area contributed by atoms with Crippen molar-refractivity contribution in [2.75, 3.05) is 31.5 Å². The van der Waals surface area contributed by atoms with E-state index in [0.717, 1.165) is 74.2 Å². The fraction of sp³-hybridized carbons (Fsp3) is 0.524. The number of nitrogens with zero attached hydrogens (tertiary/aromatic N) is 5. The second-order valence-corrected chi connectivity index (χ2v) is 8.68. The first-order chi connectivity index (χ1) is 13.5. The minimum Gasteiger partial charge on any atom is -0.362 e. The standard InChI is InChI=1S/C21H27ClN6/c1-15-16(13-26(2)25-15)14-27-10-6-21(7-11-27)24-19-12-17(22)4-5-18(19)20-23-8-3-9-28(20)21/h4-5,12-13,24H,3,6-11,14H2,1-2H3. The van der Waals surface area contributed by atoms with E-state index in [1.807, 2.05) is 17.8 Å². The van der Waals surface area contributed by atoms with E-state index in [2.05, 4.69) is 45.5 Å². The maximum absolute atomic E-state index is 6.30. The molecule has 2 aromatic rings. The van der Waals surface area contributed by atoms with E-state index >= 15 is 0 Å². The number of anilines is 1. The normalized spacial score (nSPS) is 21.1. The van der Waals surface area contributed by atoms with Gasteiger partial charge in [0.25, 0.3) is 0 Å². The molecule has 1 saturated heterocycles. The van der Waals surface area contributed by atoms with Crippen molar-refractivity contribution in [1.82, 2.24) is 19.6 Å². The van der Waals surface area contributed by atoms with E-state index in [0.29, 0.717) is 0 Å². The molecule has 1 fully saturated rings. The summed E-state index contributed by atoms with van der Waals surface area (Å²) in [6.45, 7) is 7.16. The average Bonchev–Trinajstić information content (AvgIpc) is 3.00. The van der Waals surface area contributed by atoms with Crippen molar-refractivity contribution >= 4 is 23.1 Å². The topological polar surface area (TPSA) is 48.7 Å². The highest BCUT2D eigenvalue weighted by molar-refractivity contribution is 6.31. The molecule has 0 amide bonds. The molecule has 0 aliphatic carbocycles. The molecule has 0 bridgehead atoms. The fourth-order valence-electron chi connectivity index (χ4n) is 4.91. The molecule has 5 rings (SSSR count). The molecule has 1 N–H and O–H groups in total. The average molecular weight is 399 g/mol. The van der Waals surface area contributed by atoms with Crippen LogP contribution in [0.25, 0.3) is 0 Å². The highest BCUT2D eigenvalue weighted by atomic mass is 35.5. The molecular weight excluding hydrogens is 372 g/mol. The largest absolute Gasteiger partial charge is 0.362 e. The van der Waals surface area contributed by atoms with Crippen LogP contribution in [-0.2, 0) is 13.6 Å². The maximum atomic E-state index is 6.30. The van der Waals surface area contributed by atoms with Gasteiger partial charge in [0, 0.05) is 80.6 Å². The van der Waals surface area contributed by atoms with E-state index < -0.39 is 0 Å². The van der Waals surface area contributed by atoms with Crippen molar-refractivity contribution in [2.45, 2.75) is 38.4 Å². The van der Waals surface area contributed by atoms with Crippen LogP contribution in [0.4, 0.5) is 5.69 Å². The zero-order valence-corrected chi connectivity index (χ0v) is 17.3. The molecule has 4 heterocycles. The van der Waals surface area contributed by atoms with Gasteiger partial charge >= 0.3 is 0 Å². The van der Waals surface area contributed by atoms with E-state index in [4.69, 9.17) is 16.6 Å². The second kappa shape index (κ2) is 6.78. The lowest BCUT2D eigenvalue weighted by molar-refractivity contribution is 0.0799. The Hall–Kier alpha value is -2.05. The van der Waals surface area contributed by atoms with Crippen LogP contribution in [0.15, 0.2) is 29.4 Å². The summed E-state index contributed by atoms with van der Waals surface area (Å²) >= 11 is 6.30. The Morgan fingerprint density at radius 2 is 2.04 bits per heavy atom. The lowest BCUT2D eigenvalue weighted by atomic mass is 9.88. The minimum atomic E-state index is -0.0581. The number of likely N-dealkylation sites (tertiary alicyclic amines) is 1. The zero-order valence-electron chi connectivity index (χ0n) is 16.6. The molecule has 7 heteroatoms. The molecule has 3 aliphatic heterocycles. The van der Waals surface area contributed by atoms with Crippen molar-refractivity contribution in [3.63, 3.8) is 0 Å². The summed E-state index contributed by atoms with van der Waals surface area (Å²) in [5.74, 6) is 1.15. The molecule has 0 radical (unpaired) electrons. The van der Waals surface area contributed by atoms with Gasteiger partial charge in [0.05, 0.1) is 5.69 Å². The second-order valence-electron chi connectivity index (χ2n) is 8.25. The molecule has 6 nitrogen and oxygen atoms in total. The van der Waals surface area contributed by atoms with Crippen LogP contribution >= 0.6 is 11.6 Å². The van der Waals surface area contributed by atoms with Crippen molar-refractivity contribution in [1.29, 1.82) is 0 Å². The quantitative estimate of drug-likeness (QED) is 0.843. The predicted molar refractivity (Wildman–Crippen MR) is 113 cm³/mol. The van der Waals surface area contributed by atoms with Crippen LogP contribution < -0.4 is 5.32 Å². The van der Waals surface area contributed by atoms with E-state index in [-0.39, 0.29) is 5.66 Å². The maximum Gasteiger partial charge on any atom is 0.134 e. The van der Waals surface area contributed by atoms with Crippen molar-refractivity contribution in [3.05, 3.63) is 46.2 Å². The number of hydrogen-bond donors (Lipinski definition) is 1. The summed E-state index contributed by atoms with van der Waals surface area (Å²) in [5.41, 5.74) is 4.71. The highest BCUT2D eigenvalue weighted by Gasteiger charge is 2.45. The van der Waals surface area contributed by atoms with Gasteiger partial charge in [0.1, 0.15) is 11.5 Å². The number of aromatic nitrogens is 2. The molecule has 28 heavy (non-hydrogen) atoms. The number of aryl methyl sites for hydroxylation is 2. The Morgan fingerprint density at radius 3 is 2.79 bits per heavy atom. The van der Waals surface area contributed by atoms with Crippen molar-refractivity contribution in [2.24, 2.45) is 12.0 Å². The molecule has 1 aromatic carbocycles. The van der Waals surface area contributed by atoms with Crippen LogP contribution in [0.5, 0.6) is 0 Å². The first-order valence-corrected chi connectivity index (χ1v) is 10.5. The van der Waals surface area contributed by atoms with Gasteiger partial charge in [-0.15, -0.1) is 0 Å². The SMILES string of the molecule is Cc1nn(C)cc1CN1CCC2(CC1)Nc1cc(Cl)ccc1C1=NCCCN12. The van der Waals surface area contributed by atoms with Gasteiger partial charge in [-0.2, -0.15) is 5.10 Å². The molecule has 0 atom stereocenters. The molecule has 1 spiro atoms. The Balaban J connectivity index is 1.39. The Kier molecular flexibility index (Phi) is 4.36. The lowest BCUT2D eigenvalue weighted by Crippen LogP contribution is -2.65. The number of rotatable bonds is 2. The summed E-state index contributed by atoms with van der Waals surface area (Å²) in [6, 6.07) is 6.13. The van der Waals surface area contributed by atoms with Gasteiger partial charge in [-0.1, -0.05) is 11.6 Å². The van der Waals surface area contributed by atoms with Gasteiger partial charge in [0.15, 0.2) is 0 Å². The third kappa shape index (κ3) is 2.99. The molecule has 1 aromatic heterocycles. The number of piperidine rings is 1. The summed E-state index contributed by atoms with van der Waals surface area (Å²) < 4.78 is 1.91. The first kappa shape index (κ1) is 18.0. The lowest BCUT2D eigenvalue weighted by Gasteiger charge is -2.54. The fourth-order valence-corrected chi connectivity index (χ4v) is 5.08. The van der Waals surface area contributed by atoms with Gasteiger partial charge in [0.2, 0.25) is 0 Å². The first-order valence-electron chi connectivity index (χ1n) is 10.2. The minimum absolute atomic E-state index is 0.0581. The number of hydrogen-bond acceptors (Lipinski definition) is 5. The van der Waals surface area contributed by atoms with E-state index in [1.54, 1.807) is 0 Å². The van der Waals surface area contributed by atoms with E-state index in [1.165, 1.54) is 11.1 Å². The van der Waals surface area contributed by atoms with Gasteiger partial charge < -0.3 is 10.2 Å². The summed E-state index contributed by atoms with van der Waals surface area (Å²) in [5, 5.41) is 9.13. The Labute approximate surface area is 171 Å². The van der Waals surface area contributed by atoms with Crippen molar-refractivity contribution < 1.29 is 0 Å². The molecule has 148 valence electrons. The molecule has 0 saturated carbocycles. The smallest absolute Gasteiger partial charge is 0.134 e. The zero-order chi connectivity index (χ0) is 19.3. The van der Waals surface area contributed by atoms with Crippen molar-refractivity contribution in [3.8, 4) is 0 Å². The van der Waals surface area contributed by atoms with Crippen LogP contribution in [0.1, 0.15) is 36.1 Å². The molecular formula is C21H27ClN6. The van der Waals surface area contributed by atoms with Crippen LogP contribution in [0, 0.1) is 6.92 Å². The summed E-state index contributed by atoms with van der Waals surface area (Å²) in [7, 11) is 1.99.